The minimum atomic E-state index is -1.77. The Kier molecular flexibility index (Phi) is 13.2. The fourth-order valence-corrected chi connectivity index (χ4v) is 6.99. The summed E-state index contributed by atoms with van der Waals surface area (Å²) in [7, 11) is 1.32. The molecule has 1 saturated heterocycles. The van der Waals surface area contributed by atoms with Crippen LogP contribution in [0.2, 0.25) is 0 Å². The van der Waals surface area contributed by atoms with E-state index in [9.17, 15) is 39.6 Å². The van der Waals surface area contributed by atoms with Gasteiger partial charge in [0.05, 0.1) is 25.8 Å². The zero-order valence-electron chi connectivity index (χ0n) is 31.9. The van der Waals surface area contributed by atoms with E-state index in [-0.39, 0.29) is 43.5 Å². The SMILES string of the molecule is C=CC1=C(C)/C(=C/c2[nH]c(Cc3[nH]c(/C=C4\NC(=O)C(C)=C4C=C)c(C)c3CCC(=O)OC)c(CCC(=O)OO[C@@H]3O[C@H](CO)[C@@H](O)[C@H](O)[C@H]3O)c2C)NC1=O. The monoisotopic (exact) mass is 776 g/mol. The standard InChI is InChI=1S/C40H48N4O12/c1-8-22-21(6)38(51)44-29(22)15-27-20(5)24(10-12-33(46)53-7)30(42-27)16-31-25(19(4)26(41-31)14-28-18(3)23(9-2)39(52)43-28)11-13-34(47)55-56-40-37(50)36(49)35(48)32(17-45)54-40/h8-9,14-15,32,35-37,40-42,45,48-50H,1-2,10-13,16-17H2,3-7H3,(H,43,52)(H,44,51)/b28-14-,29-15-/t32-,35-,36+,37-,40+/m1/s1. The van der Waals surface area contributed by atoms with Gasteiger partial charge in [-0.15, -0.1) is 4.89 Å². The minimum absolute atomic E-state index is 0.108. The molecular formula is C40H48N4O12. The maximum Gasteiger partial charge on any atom is 0.342 e. The molecule has 0 aliphatic carbocycles. The molecule has 56 heavy (non-hydrogen) atoms. The highest BCUT2D eigenvalue weighted by Crippen LogP contribution is 2.32. The van der Waals surface area contributed by atoms with Crippen molar-refractivity contribution in [2.45, 2.75) is 90.5 Å². The highest BCUT2D eigenvalue weighted by molar-refractivity contribution is 6.03. The molecule has 0 spiro atoms. The summed E-state index contributed by atoms with van der Waals surface area (Å²) in [6.45, 7) is 14.2. The number of carbonyl (C=O) groups is 4. The van der Waals surface area contributed by atoms with Crippen LogP contribution in [0.1, 0.15) is 71.7 Å². The molecule has 2 amide bonds. The van der Waals surface area contributed by atoms with Gasteiger partial charge in [-0.25, -0.2) is 4.79 Å². The largest absolute Gasteiger partial charge is 0.469 e. The number of hydrogen-bond acceptors (Lipinski definition) is 12. The summed E-state index contributed by atoms with van der Waals surface area (Å²) in [5.74, 6) is -1.73. The summed E-state index contributed by atoms with van der Waals surface area (Å²) in [6, 6.07) is 0. The second kappa shape index (κ2) is 17.6. The van der Waals surface area contributed by atoms with E-state index >= 15 is 0 Å². The Morgan fingerprint density at radius 3 is 1.86 bits per heavy atom. The summed E-state index contributed by atoms with van der Waals surface area (Å²) < 4.78 is 10.2. The molecule has 3 aliphatic heterocycles. The number of esters is 1. The summed E-state index contributed by atoms with van der Waals surface area (Å²) >= 11 is 0. The van der Waals surface area contributed by atoms with Crippen molar-refractivity contribution in [1.82, 2.24) is 20.6 Å². The molecule has 0 bridgehead atoms. The number of ether oxygens (including phenoxy) is 2. The van der Waals surface area contributed by atoms with Crippen LogP contribution in [-0.2, 0) is 57.7 Å². The summed E-state index contributed by atoms with van der Waals surface area (Å²) in [5, 5.41) is 45.5. The van der Waals surface area contributed by atoms with Crippen molar-refractivity contribution in [3.8, 4) is 0 Å². The van der Waals surface area contributed by atoms with Gasteiger partial charge in [-0.2, -0.15) is 0 Å². The quantitative estimate of drug-likeness (QED) is 0.0734. The molecule has 3 aliphatic rings. The lowest BCUT2D eigenvalue weighted by Gasteiger charge is -2.38. The molecule has 0 unspecified atom stereocenters. The first-order valence-electron chi connectivity index (χ1n) is 18.0. The van der Waals surface area contributed by atoms with Gasteiger partial charge in [-0.3, -0.25) is 19.3 Å². The summed E-state index contributed by atoms with van der Waals surface area (Å²) in [6.07, 6.45) is -0.631. The van der Waals surface area contributed by atoms with Crippen molar-refractivity contribution in [3.05, 3.63) is 104 Å². The average Bonchev–Trinajstić information content (AvgIpc) is 3.83. The van der Waals surface area contributed by atoms with Crippen molar-refractivity contribution < 1.29 is 58.9 Å². The van der Waals surface area contributed by atoms with Crippen molar-refractivity contribution in [1.29, 1.82) is 0 Å². The Balaban J connectivity index is 1.48. The number of aliphatic hydroxyl groups is 4. The van der Waals surface area contributed by atoms with E-state index in [1.54, 1.807) is 26.0 Å². The maximum atomic E-state index is 13.0. The molecule has 16 heteroatoms. The van der Waals surface area contributed by atoms with E-state index in [4.69, 9.17) is 19.2 Å². The number of carbonyl (C=O) groups excluding carboxylic acids is 4. The number of aliphatic hydroxyl groups excluding tert-OH is 4. The fraction of sp³-hybridized carbons (Fsp3) is 0.400. The highest BCUT2D eigenvalue weighted by Gasteiger charge is 2.45. The average molecular weight is 777 g/mol. The third-order valence-electron chi connectivity index (χ3n) is 10.4. The number of methoxy groups -OCH3 is 1. The Hall–Kier alpha value is -5.36. The molecule has 5 atom stereocenters. The third kappa shape index (κ3) is 8.55. The first-order valence-corrected chi connectivity index (χ1v) is 18.0. The molecule has 2 aromatic heterocycles. The van der Waals surface area contributed by atoms with Gasteiger partial charge in [-0.05, 0) is 80.5 Å². The predicted octanol–water partition coefficient (Wildman–Crippen LogP) is 1.81. The van der Waals surface area contributed by atoms with E-state index in [0.717, 1.165) is 27.9 Å². The number of H-pyrrole nitrogens is 2. The second-order valence-electron chi connectivity index (χ2n) is 13.8. The summed E-state index contributed by atoms with van der Waals surface area (Å²) in [4.78, 5) is 67.2. The van der Waals surface area contributed by atoms with E-state index in [1.807, 2.05) is 19.9 Å². The van der Waals surface area contributed by atoms with Gasteiger partial charge in [0, 0.05) is 58.0 Å². The number of allylic oxidation sites excluding steroid dienone is 2. The van der Waals surface area contributed by atoms with Gasteiger partial charge in [0.15, 0.2) is 0 Å². The normalized spacial score (nSPS) is 23.9. The van der Waals surface area contributed by atoms with Gasteiger partial charge < -0.3 is 50.5 Å². The zero-order chi connectivity index (χ0) is 41.0. The fourth-order valence-electron chi connectivity index (χ4n) is 6.99. The maximum absolute atomic E-state index is 13.0. The number of hydrogen-bond donors (Lipinski definition) is 8. The molecule has 0 radical (unpaired) electrons. The van der Waals surface area contributed by atoms with Crippen LogP contribution in [0.15, 0.2) is 59.0 Å². The van der Waals surface area contributed by atoms with E-state index in [1.165, 1.54) is 13.2 Å². The number of nitrogens with one attached hydrogen (secondary N) is 4. The number of aromatic amines is 2. The van der Waals surface area contributed by atoms with Gasteiger partial charge in [-0.1, -0.05) is 25.3 Å². The van der Waals surface area contributed by atoms with Crippen LogP contribution in [0.4, 0.5) is 0 Å². The van der Waals surface area contributed by atoms with E-state index in [0.29, 0.717) is 57.2 Å². The molecule has 2 aromatic rings. The van der Waals surface area contributed by atoms with Gasteiger partial charge in [0.1, 0.15) is 24.4 Å². The van der Waals surface area contributed by atoms with Crippen LogP contribution in [0.3, 0.4) is 0 Å². The van der Waals surface area contributed by atoms with E-state index in [2.05, 4.69) is 33.8 Å². The zero-order valence-corrected chi connectivity index (χ0v) is 31.9. The van der Waals surface area contributed by atoms with E-state index < -0.39 is 43.3 Å². The number of aromatic nitrogens is 2. The molecule has 8 N–H and O–H groups in total. The Morgan fingerprint density at radius 2 is 1.32 bits per heavy atom. The van der Waals surface area contributed by atoms with Crippen LogP contribution >= 0.6 is 0 Å². The lowest BCUT2D eigenvalue weighted by Crippen LogP contribution is -2.59. The highest BCUT2D eigenvalue weighted by atomic mass is 17.2. The Morgan fingerprint density at radius 1 is 0.768 bits per heavy atom. The van der Waals surface area contributed by atoms with Crippen molar-refractivity contribution >= 4 is 35.9 Å². The summed E-state index contributed by atoms with van der Waals surface area (Å²) in [5.41, 5.74) is 9.59. The minimum Gasteiger partial charge on any atom is -0.469 e. The molecule has 0 aromatic carbocycles. The third-order valence-corrected chi connectivity index (χ3v) is 10.4. The van der Waals surface area contributed by atoms with Crippen LogP contribution < -0.4 is 10.6 Å². The molecular weight excluding hydrogens is 728 g/mol. The van der Waals surface area contributed by atoms with Crippen molar-refractivity contribution in [2.24, 2.45) is 0 Å². The second-order valence-corrected chi connectivity index (χ2v) is 13.8. The predicted molar refractivity (Wildman–Crippen MR) is 202 cm³/mol. The Bertz CT molecular complexity index is 2060. The Labute approximate surface area is 323 Å². The molecule has 300 valence electrons. The smallest absolute Gasteiger partial charge is 0.342 e. The van der Waals surface area contributed by atoms with Crippen LogP contribution in [-0.4, -0.2) is 98.6 Å². The molecule has 5 heterocycles. The lowest BCUT2D eigenvalue weighted by molar-refractivity contribution is -0.405. The van der Waals surface area contributed by atoms with Crippen molar-refractivity contribution in [2.75, 3.05) is 13.7 Å². The first kappa shape index (κ1) is 41.8. The first-order chi connectivity index (χ1) is 26.6. The molecule has 0 saturated carbocycles. The topological polar surface area (TPSA) is 242 Å². The van der Waals surface area contributed by atoms with Crippen LogP contribution in [0.25, 0.3) is 12.2 Å². The number of rotatable bonds is 15. The number of amides is 2. The van der Waals surface area contributed by atoms with Gasteiger partial charge in [0.2, 0.25) is 6.29 Å². The lowest BCUT2D eigenvalue weighted by atomic mass is 9.98. The molecule has 1 fully saturated rings. The van der Waals surface area contributed by atoms with Gasteiger partial charge >= 0.3 is 11.9 Å². The molecule has 5 rings (SSSR count). The van der Waals surface area contributed by atoms with Crippen LogP contribution in [0, 0.1) is 13.8 Å². The van der Waals surface area contributed by atoms with Gasteiger partial charge in [0.25, 0.3) is 11.8 Å². The van der Waals surface area contributed by atoms with Crippen molar-refractivity contribution in [3.63, 3.8) is 0 Å². The molecule has 16 nitrogen and oxygen atoms in total. The van der Waals surface area contributed by atoms with Crippen LogP contribution in [0.5, 0.6) is 0 Å².